The highest BCUT2D eigenvalue weighted by molar-refractivity contribution is 9.49. The Morgan fingerprint density at radius 1 is 1.08 bits per heavy atom. The Balaban J connectivity index is 0. The third kappa shape index (κ3) is 22.5. The average molecular weight is 318 g/mol. The van der Waals surface area contributed by atoms with E-state index in [0.717, 1.165) is 0 Å². The molecule has 4 heteroatoms. The lowest BCUT2D eigenvalue weighted by molar-refractivity contribution is 0.701. The molecule has 0 fully saturated rings. The fourth-order valence-electron chi connectivity index (χ4n) is 0.725. The zero-order chi connectivity index (χ0) is 9.82. The van der Waals surface area contributed by atoms with Crippen molar-refractivity contribution in [3.8, 4) is 0 Å². The number of hydrogen-bond donors (Lipinski definition) is 0. The third-order valence-electron chi connectivity index (χ3n) is 1.28. The first-order valence-corrected chi connectivity index (χ1v) is 7.83. The molecular weight excluding hydrogens is 299 g/mol. The molecule has 0 aromatic carbocycles. The van der Waals surface area contributed by atoms with Crippen LogP contribution in [0.2, 0.25) is 6.32 Å². The summed E-state index contributed by atoms with van der Waals surface area (Å²) in [5.41, 5.74) is 0. The molecule has 0 heterocycles. The number of halogens is 2. The zero-order valence-electron chi connectivity index (χ0n) is 8.28. The highest BCUT2D eigenvalue weighted by atomic mass is 79.9. The molecule has 0 unspecified atom stereocenters. The van der Waals surface area contributed by atoms with Gasteiger partial charge in [0.2, 0.25) is 0 Å². The summed E-state index contributed by atoms with van der Waals surface area (Å²) in [7, 11) is 0. The van der Waals surface area contributed by atoms with E-state index in [-0.39, 0.29) is 0 Å². The summed E-state index contributed by atoms with van der Waals surface area (Å²) in [6.07, 6.45) is 10.8. The number of rotatable bonds is 5. The second kappa shape index (κ2) is 14.9. The Morgan fingerprint density at radius 3 is 1.92 bits per heavy atom. The lowest BCUT2D eigenvalue weighted by atomic mass is 9.98. The topological polar surface area (TPSA) is 0 Å². The van der Waals surface area contributed by atoms with Crippen LogP contribution < -0.4 is 0 Å². The Labute approximate surface area is 98.7 Å². The largest absolute Gasteiger partial charge is 0.298 e. The molecule has 0 aliphatic carbocycles. The Morgan fingerprint density at radius 2 is 1.58 bits per heavy atom. The summed E-state index contributed by atoms with van der Waals surface area (Å²) in [4.78, 5) is 0. The van der Waals surface area contributed by atoms with Gasteiger partial charge in [-0.2, -0.15) is 11.8 Å². The van der Waals surface area contributed by atoms with Gasteiger partial charge in [-0.25, -0.2) is 0 Å². The maximum absolute atomic E-state index is 3.44. The van der Waals surface area contributed by atoms with Gasteiger partial charge in [0.15, 0.2) is 0 Å². The van der Waals surface area contributed by atoms with Crippen LogP contribution in [-0.2, 0) is 0 Å². The maximum Gasteiger partial charge on any atom is 0.298 e. The van der Waals surface area contributed by atoms with Crippen LogP contribution in [0.3, 0.4) is 0 Å². The van der Waals surface area contributed by atoms with Gasteiger partial charge >= 0.3 is 0 Å². The molecule has 0 saturated heterocycles. The van der Waals surface area contributed by atoms with Gasteiger partial charge in [0, 0.05) is 0 Å². The molecule has 0 atom stereocenters. The molecule has 0 aliphatic rings. The van der Waals surface area contributed by atoms with E-state index in [1.807, 2.05) is 12.5 Å². The Bertz CT molecular complexity index is 72.1. The monoisotopic (exact) mass is 316 g/mol. The molecule has 0 aromatic heterocycles. The molecule has 0 bridgehead atoms. The van der Waals surface area contributed by atoms with Crippen LogP contribution in [0.4, 0.5) is 0 Å². The van der Waals surface area contributed by atoms with Crippen LogP contribution in [0.15, 0.2) is 0 Å². The smallest absolute Gasteiger partial charge is 0.169 e. The molecule has 0 aromatic rings. The fourth-order valence-corrected chi connectivity index (χ4v) is 1.37. The summed E-state index contributed by atoms with van der Waals surface area (Å²) >= 11 is 8.64. The van der Waals surface area contributed by atoms with Crippen LogP contribution in [-0.4, -0.2) is 16.9 Å². The average Bonchev–Trinajstić information content (AvgIpc) is 1.99. The Hall–Kier alpha value is 1.37. The lowest BCUT2D eigenvalue weighted by Gasteiger charge is -1.96. The summed E-state index contributed by atoms with van der Waals surface area (Å²) < 4.78 is 0.529. The van der Waals surface area contributed by atoms with Crippen molar-refractivity contribution in [3.63, 3.8) is 0 Å². The van der Waals surface area contributed by atoms with Crippen molar-refractivity contribution < 1.29 is 0 Å². The van der Waals surface area contributed by atoms with Crippen LogP contribution in [0.5, 0.6) is 0 Å². The van der Waals surface area contributed by atoms with E-state index >= 15 is 0 Å². The molecule has 0 amide bonds. The second-order valence-corrected chi connectivity index (χ2v) is 6.90. The van der Waals surface area contributed by atoms with E-state index in [9.17, 15) is 0 Å². The van der Waals surface area contributed by atoms with Crippen molar-refractivity contribution in [1.82, 2.24) is 0 Å². The van der Waals surface area contributed by atoms with Gasteiger partial charge in [0.1, 0.15) is 0 Å². The third-order valence-corrected chi connectivity index (χ3v) is 2.19. The van der Waals surface area contributed by atoms with Crippen molar-refractivity contribution in [2.45, 2.75) is 38.9 Å². The summed E-state index contributed by atoms with van der Waals surface area (Å²) in [6, 6.07) is 0. The number of thioether (sulfide) groups is 1. The molecule has 0 aliphatic heterocycles. The maximum atomic E-state index is 3.44. The van der Waals surface area contributed by atoms with Crippen LogP contribution in [0, 0.1) is 0 Å². The van der Waals surface area contributed by atoms with Crippen molar-refractivity contribution in [2.75, 3.05) is 12.5 Å². The van der Waals surface area contributed by atoms with E-state index in [1.165, 1.54) is 32.0 Å². The zero-order valence-corrected chi connectivity index (χ0v) is 12.3. The second-order valence-electron chi connectivity index (χ2n) is 2.65. The van der Waals surface area contributed by atoms with E-state index < -0.39 is 0 Å². The molecule has 74 valence electrons. The van der Waals surface area contributed by atoms with Gasteiger partial charge in [-0.15, -0.1) is 31.5 Å². The van der Waals surface area contributed by atoms with Crippen molar-refractivity contribution >= 4 is 47.6 Å². The van der Waals surface area contributed by atoms with E-state index in [4.69, 9.17) is 0 Å². The van der Waals surface area contributed by atoms with E-state index in [1.54, 1.807) is 11.8 Å². The molecule has 0 spiro atoms. The van der Waals surface area contributed by atoms with Crippen LogP contribution in [0.1, 0.15) is 32.6 Å². The van der Waals surface area contributed by atoms with Gasteiger partial charge in [0.05, 0.1) is 0 Å². The van der Waals surface area contributed by atoms with Gasteiger partial charge in [-0.05, 0) is 12.5 Å². The van der Waals surface area contributed by atoms with Crippen LogP contribution >= 0.6 is 43.3 Å². The van der Waals surface area contributed by atoms with E-state index in [2.05, 4.69) is 38.4 Å². The highest BCUT2D eigenvalue weighted by Gasteiger charge is 2.01. The van der Waals surface area contributed by atoms with Gasteiger partial charge in [-0.3, -0.25) is 0 Å². The molecular formula is C8H19BBr2S. The fraction of sp³-hybridized carbons (Fsp3) is 1.00. The van der Waals surface area contributed by atoms with Crippen molar-refractivity contribution in [1.29, 1.82) is 0 Å². The normalized spacial score (nSPS) is 8.75. The quantitative estimate of drug-likeness (QED) is 0.517. The Kier molecular flexibility index (Phi) is 19.6. The predicted molar refractivity (Wildman–Crippen MR) is 72.0 cm³/mol. The molecule has 0 N–H and O–H groups in total. The molecule has 0 radical (unpaired) electrons. The highest BCUT2D eigenvalue weighted by Crippen LogP contribution is 2.13. The van der Waals surface area contributed by atoms with Crippen LogP contribution in [0.25, 0.3) is 0 Å². The first-order chi connectivity index (χ1) is 5.68. The standard InChI is InChI=1S/C6H13BBr2.C2H6S/c1-2-3-4-5-6-7(8)9;1-3-2/h2-6H2,1H3;1-2H3. The molecule has 0 rings (SSSR count). The summed E-state index contributed by atoms with van der Waals surface area (Å²) in [5, 5.41) is 0. The molecule has 0 nitrogen and oxygen atoms in total. The lowest BCUT2D eigenvalue weighted by Crippen LogP contribution is -1.88. The molecule has 0 saturated carbocycles. The van der Waals surface area contributed by atoms with Gasteiger partial charge in [0.25, 0.3) is 4.36 Å². The van der Waals surface area contributed by atoms with Crippen molar-refractivity contribution in [2.24, 2.45) is 0 Å². The van der Waals surface area contributed by atoms with E-state index in [0.29, 0.717) is 4.36 Å². The SMILES string of the molecule is CCCCCCB(Br)Br.CSC. The van der Waals surface area contributed by atoms with Gasteiger partial charge < -0.3 is 0 Å². The van der Waals surface area contributed by atoms with Crippen molar-refractivity contribution in [3.05, 3.63) is 0 Å². The minimum absolute atomic E-state index is 0.529. The minimum Gasteiger partial charge on any atom is -0.169 e. The number of hydrogen-bond acceptors (Lipinski definition) is 1. The summed E-state index contributed by atoms with van der Waals surface area (Å²) in [6.45, 7) is 2.24. The van der Waals surface area contributed by atoms with Gasteiger partial charge in [-0.1, -0.05) is 38.9 Å². The molecule has 12 heavy (non-hydrogen) atoms. The summed E-state index contributed by atoms with van der Waals surface area (Å²) in [5.74, 6) is 0. The number of unbranched alkanes of at least 4 members (excludes halogenated alkanes) is 3. The minimum atomic E-state index is 0.529. The first kappa shape index (κ1) is 15.8. The first-order valence-electron chi connectivity index (χ1n) is 4.37. The predicted octanol–water partition coefficient (Wildman–Crippen LogP) is 4.82.